The highest BCUT2D eigenvalue weighted by molar-refractivity contribution is 5.81. The van der Waals surface area contributed by atoms with Gasteiger partial charge < -0.3 is 4.90 Å². The number of nitrogens with zero attached hydrogens (tertiary/aromatic N) is 1. The maximum absolute atomic E-state index is 10.9. The number of carbonyl (C=O) groups is 1. The van der Waals surface area contributed by atoms with Gasteiger partial charge in [0, 0.05) is 19.2 Å². The van der Waals surface area contributed by atoms with Gasteiger partial charge in [-0.3, -0.25) is 4.79 Å². The molecule has 2 heteroatoms. The minimum absolute atomic E-state index is 0.244. The van der Waals surface area contributed by atoms with E-state index in [1.165, 1.54) is 0 Å². The predicted molar refractivity (Wildman–Crippen MR) is 40.4 cm³/mol. The van der Waals surface area contributed by atoms with Gasteiger partial charge >= 0.3 is 0 Å². The maximum atomic E-state index is 10.9. The van der Waals surface area contributed by atoms with Crippen molar-refractivity contribution < 1.29 is 4.79 Å². The van der Waals surface area contributed by atoms with E-state index in [4.69, 9.17) is 0 Å². The van der Waals surface area contributed by atoms with E-state index in [1.807, 2.05) is 12.3 Å². The molecule has 1 amide bonds. The normalized spacial score (nSPS) is 16.9. The van der Waals surface area contributed by atoms with Crippen molar-refractivity contribution in [1.82, 2.24) is 4.90 Å². The molecule has 0 radical (unpaired) electrons. The Morgan fingerprint density at radius 2 is 2.50 bits per heavy atom. The number of amides is 1. The molecule has 1 aliphatic heterocycles. The van der Waals surface area contributed by atoms with E-state index >= 15 is 0 Å². The fraction of sp³-hybridized carbons (Fsp3) is 0.625. The Morgan fingerprint density at radius 3 is 3.00 bits per heavy atom. The number of rotatable bonds is 3. The first-order valence-electron chi connectivity index (χ1n) is 3.80. The first-order chi connectivity index (χ1) is 4.84. The lowest BCUT2D eigenvalue weighted by Crippen LogP contribution is -2.21. The SMILES string of the molecule is CCCCN1C=CCC1=O. The van der Waals surface area contributed by atoms with Crippen LogP contribution in [0.2, 0.25) is 0 Å². The molecule has 0 spiro atoms. The Morgan fingerprint density at radius 1 is 1.70 bits per heavy atom. The molecule has 0 fully saturated rings. The topological polar surface area (TPSA) is 20.3 Å². The van der Waals surface area contributed by atoms with E-state index in [1.54, 1.807) is 4.90 Å². The Hall–Kier alpha value is -0.790. The van der Waals surface area contributed by atoms with Crippen molar-refractivity contribution in [2.24, 2.45) is 0 Å². The molecular formula is C8H13NO. The van der Waals surface area contributed by atoms with Gasteiger partial charge in [-0.15, -0.1) is 0 Å². The van der Waals surface area contributed by atoms with Crippen molar-refractivity contribution in [2.75, 3.05) is 6.54 Å². The third kappa shape index (κ3) is 1.59. The van der Waals surface area contributed by atoms with E-state index < -0.39 is 0 Å². The molecule has 0 aromatic rings. The van der Waals surface area contributed by atoms with Crippen LogP contribution in [0.5, 0.6) is 0 Å². The first-order valence-corrected chi connectivity index (χ1v) is 3.80. The number of hydrogen-bond acceptors (Lipinski definition) is 1. The third-order valence-electron chi connectivity index (χ3n) is 1.65. The average Bonchev–Trinajstić information content (AvgIpc) is 2.31. The highest BCUT2D eigenvalue weighted by Gasteiger charge is 2.12. The summed E-state index contributed by atoms with van der Waals surface area (Å²) >= 11 is 0. The quantitative estimate of drug-likeness (QED) is 0.580. The van der Waals surface area contributed by atoms with Gasteiger partial charge in [0.15, 0.2) is 0 Å². The van der Waals surface area contributed by atoms with Crippen LogP contribution in [0.3, 0.4) is 0 Å². The standard InChI is InChI=1S/C8H13NO/c1-2-3-6-9-7-4-5-8(9)10/h4,7H,2-3,5-6H2,1H3. The Bertz CT molecular complexity index is 151. The highest BCUT2D eigenvalue weighted by atomic mass is 16.2. The first kappa shape index (κ1) is 7.32. The fourth-order valence-electron chi connectivity index (χ4n) is 1.01. The van der Waals surface area contributed by atoms with Crippen LogP contribution in [0, 0.1) is 0 Å². The van der Waals surface area contributed by atoms with Crippen LogP contribution >= 0.6 is 0 Å². The lowest BCUT2D eigenvalue weighted by Gasteiger charge is -2.11. The summed E-state index contributed by atoms with van der Waals surface area (Å²) in [6.07, 6.45) is 6.66. The summed E-state index contributed by atoms with van der Waals surface area (Å²) in [6, 6.07) is 0. The van der Waals surface area contributed by atoms with E-state index in [-0.39, 0.29) is 5.91 Å². The molecule has 0 atom stereocenters. The van der Waals surface area contributed by atoms with Crippen LogP contribution in [0.4, 0.5) is 0 Å². The van der Waals surface area contributed by atoms with E-state index in [9.17, 15) is 4.79 Å². The molecule has 1 rings (SSSR count). The van der Waals surface area contributed by atoms with Crippen molar-refractivity contribution in [3.8, 4) is 0 Å². The molecule has 0 saturated heterocycles. The summed E-state index contributed by atoms with van der Waals surface area (Å²) in [5, 5.41) is 0. The fourth-order valence-corrected chi connectivity index (χ4v) is 1.01. The molecule has 0 aromatic heterocycles. The molecule has 1 heterocycles. The van der Waals surface area contributed by atoms with Gasteiger partial charge in [0.05, 0.1) is 0 Å². The molecule has 0 aromatic carbocycles. The van der Waals surface area contributed by atoms with Crippen LogP contribution < -0.4 is 0 Å². The molecular weight excluding hydrogens is 126 g/mol. The summed E-state index contributed by atoms with van der Waals surface area (Å²) in [6.45, 7) is 3.02. The van der Waals surface area contributed by atoms with Crippen molar-refractivity contribution in [2.45, 2.75) is 26.2 Å². The second-order valence-corrected chi connectivity index (χ2v) is 2.53. The Labute approximate surface area is 61.5 Å². The van der Waals surface area contributed by atoms with E-state index in [0.29, 0.717) is 6.42 Å². The van der Waals surface area contributed by atoms with Crippen LogP contribution in [0.1, 0.15) is 26.2 Å². The molecule has 0 unspecified atom stereocenters. The zero-order chi connectivity index (χ0) is 7.40. The summed E-state index contributed by atoms with van der Waals surface area (Å²) in [5.74, 6) is 0.244. The summed E-state index contributed by atoms with van der Waals surface area (Å²) in [7, 11) is 0. The molecule has 0 aliphatic carbocycles. The number of carbonyl (C=O) groups excluding carboxylic acids is 1. The van der Waals surface area contributed by atoms with Crippen molar-refractivity contribution in [1.29, 1.82) is 0 Å². The average molecular weight is 139 g/mol. The van der Waals surface area contributed by atoms with Gasteiger partial charge in [0.2, 0.25) is 5.91 Å². The van der Waals surface area contributed by atoms with Gasteiger partial charge in [-0.05, 0) is 6.42 Å². The third-order valence-corrected chi connectivity index (χ3v) is 1.65. The molecule has 0 bridgehead atoms. The van der Waals surface area contributed by atoms with Gasteiger partial charge in [-0.25, -0.2) is 0 Å². The smallest absolute Gasteiger partial charge is 0.230 e. The maximum Gasteiger partial charge on any atom is 0.230 e. The summed E-state index contributed by atoms with van der Waals surface area (Å²) in [5.41, 5.74) is 0. The molecule has 1 aliphatic rings. The highest BCUT2D eigenvalue weighted by Crippen LogP contribution is 2.06. The Kier molecular flexibility index (Phi) is 2.49. The lowest BCUT2D eigenvalue weighted by atomic mass is 10.3. The van der Waals surface area contributed by atoms with Gasteiger partial charge in [-0.2, -0.15) is 0 Å². The zero-order valence-corrected chi connectivity index (χ0v) is 6.34. The second-order valence-electron chi connectivity index (χ2n) is 2.53. The van der Waals surface area contributed by atoms with Gasteiger partial charge in [-0.1, -0.05) is 19.4 Å². The predicted octanol–water partition coefficient (Wildman–Crippen LogP) is 1.53. The van der Waals surface area contributed by atoms with Gasteiger partial charge in [0.1, 0.15) is 0 Å². The minimum Gasteiger partial charge on any atom is -0.319 e. The molecule has 0 saturated carbocycles. The summed E-state index contributed by atoms with van der Waals surface area (Å²) in [4.78, 5) is 12.7. The number of unbranched alkanes of at least 4 members (excludes halogenated alkanes) is 1. The largest absolute Gasteiger partial charge is 0.319 e. The van der Waals surface area contributed by atoms with Crippen molar-refractivity contribution in [3.63, 3.8) is 0 Å². The van der Waals surface area contributed by atoms with Gasteiger partial charge in [0.25, 0.3) is 0 Å². The second kappa shape index (κ2) is 3.40. The molecule has 2 nitrogen and oxygen atoms in total. The molecule has 0 N–H and O–H groups in total. The monoisotopic (exact) mass is 139 g/mol. The minimum atomic E-state index is 0.244. The molecule has 10 heavy (non-hydrogen) atoms. The van der Waals surface area contributed by atoms with E-state index in [2.05, 4.69) is 6.92 Å². The van der Waals surface area contributed by atoms with Crippen LogP contribution in [-0.2, 0) is 4.79 Å². The molecule has 56 valence electrons. The Balaban J connectivity index is 2.27. The van der Waals surface area contributed by atoms with Crippen LogP contribution in [-0.4, -0.2) is 17.4 Å². The van der Waals surface area contributed by atoms with Crippen LogP contribution in [0.15, 0.2) is 12.3 Å². The number of hydrogen-bond donors (Lipinski definition) is 0. The lowest BCUT2D eigenvalue weighted by molar-refractivity contribution is -0.126. The van der Waals surface area contributed by atoms with Crippen molar-refractivity contribution >= 4 is 5.91 Å². The van der Waals surface area contributed by atoms with E-state index in [0.717, 1.165) is 19.4 Å². The van der Waals surface area contributed by atoms with Crippen LogP contribution in [0.25, 0.3) is 0 Å². The summed E-state index contributed by atoms with van der Waals surface area (Å²) < 4.78 is 0. The van der Waals surface area contributed by atoms with Crippen molar-refractivity contribution in [3.05, 3.63) is 12.3 Å². The zero-order valence-electron chi connectivity index (χ0n) is 6.34.